The Morgan fingerprint density at radius 3 is 2.17 bits per heavy atom. The Balaban J connectivity index is 0.00000142. The van der Waals surface area contributed by atoms with E-state index in [9.17, 15) is 22.8 Å². The smallest absolute Gasteiger partial charge is 0.261 e. The number of nitrogens with two attached hydrogens (primary N) is 1. The Morgan fingerprint density at radius 2 is 1.60 bits per heavy atom. The quantitative estimate of drug-likeness (QED) is 0.135. The molecule has 0 saturated heterocycles. The van der Waals surface area contributed by atoms with Crippen LogP contribution in [0.5, 0.6) is 17.2 Å². The van der Waals surface area contributed by atoms with E-state index in [2.05, 4.69) is 15.8 Å². The highest BCUT2D eigenvalue weighted by Crippen LogP contribution is 2.30. The number of carbonyl (C=O) groups excluding carboxylic acids is 3. The Kier molecular flexibility index (Phi) is 14.9. The number of amides is 3. The lowest BCUT2D eigenvalue weighted by Crippen LogP contribution is -2.42. The van der Waals surface area contributed by atoms with Crippen LogP contribution in [0.2, 0.25) is 0 Å². The Hall–Kier alpha value is -4.41. The van der Waals surface area contributed by atoms with Crippen molar-refractivity contribution in [3.8, 4) is 17.2 Å². The monoisotopic (exact) mass is 679 g/mol. The first-order valence-corrected chi connectivity index (χ1v) is 16.8. The molecule has 15 nitrogen and oxygen atoms in total. The van der Waals surface area contributed by atoms with Crippen molar-refractivity contribution < 1.29 is 46.1 Å². The van der Waals surface area contributed by atoms with Crippen LogP contribution in [-0.4, -0.2) is 92.0 Å². The van der Waals surface area contributed by atoms with E-state index in [0.29, 0.717) is 53.3 Å². The molecule has 0 aliphatic heterocycles. The van der Waals surface area contributed by atoms with Gasteiger partial charge in [-0.2, -0.15) is 8.42 Å². The van der Waals surface area contributed by atoms with Gasteiger partial charge in [0.2, 0.25) is 11.8 Å². The zero-order valence-electron chi connectivity index (χ0n) is 27.7. The van der Waals surface area contributed by atoms with Crippen LogP contribution in [0.3, 0.4) is 0 Å². The van der Waals surface area contributed by atoms with Crippen molar-refractivity contribution in [3.63, 3.8) is 0 Å². The maximum Gasteiger partial charge on any atom is 0.261 e. The summed E-state index contributed by atoms with van der Waals surface area (Å²) in [6.45, 7) is 10.2. The second-order valence-corrected chi connectivity index (χ2v) is 12.6. The van der Waals surface area contributed by atoms with Gasteiger partial charge in [-0.3, -0.25) is 18.9 Å². The summed E-state index contributed by atoms with van der Waals surface area (Å²) in [5, 5.41) is 9.54. The molecule has 47 heavy (non-hydrogen) atoms. The number of aromatic nitrogens is 1. The number of hydrogen-bond donors (Lipinski definition) is 4. The lowest BCUT2D eigenvalue weighted by molar-refractivity contribution is -0.124. The van der Waals surface area contributed by atoms with E-state index in [1.54, 1.807) is 43.5 Å². The second kappa shape index (κ2) is 18.1. The summed E-state index contributed by atoms with van der Waals surface area (Å²) in [6, 6.07) is 9.89. The van der Waals surface area contributed by atoms with Crippen molar-refractivity contribution >= 4 is 44.6 Å². The van der Waals surface area contributed by atoms with Gasteiger partial charge in [-0.15, -0.1) is 0 Å². The van der Waals surface area contributed by atoms with Crippen molar-refractivity contribution in [2.45, 2.75) is 65.6 Å². The van der Waals surface area contributed by atoms with E-state index in [-0.39, 0.29) is 30.4 Å². The number of ether oxygens (including phenoxy) is 3. The molecule has 3 amide bonds. The molecule has 0 radical (unpaired) electrons. The first-order valence-electron chi connectivity index (χ1n) is 14.9. The maximum absolute atomic E-state index is 13.0. The molecule has 0 fully saturated rings. The summed E-state index contributed by atoms with van der Waals surface area (Å²) in [5.41, 5.74) is 6.47. The highest BCUT2D eigenvalue weighted by Gasteiger charge is 2.23. The molecule has 5 N–H and O–H groups in total. The molecule has 260 valence electrons. The average molecular weight is 680 g/mol. The fourth-order valence-corrected chi connectivity index (χ4v) is 4.31. The first kappa shape index (κ1) is 38.8. The third-order valence-corrected chi connectivity index (χ3v) is 6.36. The number of nitrogens with zero attached hydrogens (tertiary/aromatic N) is 2. The van der Waals surface area contributed by atoms with Crippen LogP contribution in [0.15, 0.2) is 40.9 Å². The van der Waals surface area contributed by atoms with Crippen LogP contribution < -0.4 is 30.6 Å². The summed E-state index contributed by atoms with van der Waals surface area (Å²) < 4.78 is 48.4. The third kappa shape index (κ3) is 13.1. The number of rotatable bonds is 15. The molecule has 2 aromatic carbocycles. The molecule has 1 aromatic heterocycles. The van der Waals surface area contributed by atoms with Gasteiger partial charge >= 0.3 is 0 Å². The minimum absolute atomic E-state index is 0.0468. The molecular formula is C31H45N5O10S. The molecule has 0 spiro atoms. The van der Waals surface area contributed by atoms with Crippen molar-refractivity contribution in [2.75, 3.05) is 38.4 Å². The summed E-state index contributed by atoms with van der Waals surface area (Å²) >= 11 is 0. The van der Waals surface area contributed by atoms with Crippen LogP contribution in [0.1, 0.15) is 57.8 Å². The number of fused-ring (bicyclic) bond motifs is 1. The Bertz CT molecular complexity index is 1590. The van der Waals surface area contributed by atoms with E-state index in [1.807, 2.05) is 32.6 Å². The second-order valence-electron chi connectivity index (χ2n) is 11.1. The van der Waals surface area contributed by atoms with Gasteiger partial charge in [0.1, 0.15) is 5.75 Å². The van der Waals surface area contributed by atoms with E-state index >= 15 is 0 Å². The lowest BCUT2D eigenvalue weighted by Gasteiger charge is -2.31. The number of benzene rings is 2. The molecule has 0 saturated carbocycles. The van der Waals surface area contributed by atoms with Crippen molar-refractivity contribution in [1.29, 1.82) is 0 Å². The SMILES string of the molecule is COc1cc(C(=O)N(C(C)C)C(C)C)ccc1OCCCCOc1ccc2c(NC(=O)CNC(=O)[C@H](C)N)noc2c1.CS(=O)(=O)O. The molecule has 16 heteroatoms. The van der Waals surface area contributed by atoms with E-state index < -0.39 is 28.0 Å². The fourth-order valence-electron chi connectivity index (χ4n) is 4.31. The van der Waals surface area contributed by atoms with E-state index in [4.69, 9.17) is 29.0 Å². The van der Waals surface area contributed by atoms with Gasteiger partial charge in [0.25, 0.3) is 16.0 Å². The van der Waals surface area contributed by atoms with E-state index in [0.717, 1.165) is 12.8 Å². The maximum atomic E-state index is 13.0. The molecule has 0 aliphatic carbocycles. The largest absolute Gasteiger partial charge is 0.493 e. The summed E-state index contributed by atoms with van der Waals surface area (Å²) in [6.07, 6.45) is 2.19. The van der Waals surface area contributed by atoms with Gasteiger partial charge in [-0.25, -0.2) is 0 Å². The average Bonchev–Trinajstić information content (AvgIpc) is 3.37. The van der Waals surface area contributed by atoms with Crippen LogP contribution >= 0.6 is 0 Å². The van der Waals surface area contributed by atoms with Crippen molar-refractivity contribution in [2.24, 2.45) is 5.73 Å². The van der Waals surface area contributed by atoms with Gasteiger partial charge in [0.05, 0.1) is 44.6 Å². The lowest BCUT2D eigenvalue weighted by atomic mass is 10.1. The minimum atomic E-state index is -3.67. The van der Waals surface area contributed by atoms with Gasteiger partial charge < -0.3 is 40.0 Å². The number of hydrogen-bond acceptors (Lipinski definition) is 11. The molecule has 1 atom stereocenters. The molecular weight excluding hydrogens is 634 g/mol. The number of carbonyl (C=O) groups is 3. The molecule has 0 aliphatic rings. The molecule has 3 aromatic rings. The van der Waals surface area contributed by atoms with Crippen molar-refractivity contribution in [3.05, 3.63) is 42.0 Å². The predicted octanol–water partition coefficient (Wildman–Crippen LogP) is 3.24. The van der Waals surface area contributed by atoms with E-state index in [1.165, 1.54) is 6.92 Å². The fraction of sp³-hybridized carbons (Fsp3) is 0.484. The van der Waals surface area contributed by atoms with Gasteiger partial charge in [-0.1, -0.05) is 5.16 Å². The topological polar surface area (TPSA) is 213 Å². The number of methoxy groups -OCH3 is 1. The van der Waals surface area contributed by atoms with Crippen LogP contribution in [0.25, 0.3) is 11.0 Å². The van der Waals surface area contributed by atoms with Gasteiger partial charge in [-0.05, 0) is 77.8 Å². The summed E-state index contributed by atoms with van der Waals surface area (Å²) in [7, 11) is -2.11. The predicted molar refractivity (Wildman–Crippen MR) is 176 cm³/mol. The highest BCUT2D eigenvalue weighted by molar-refractivity contribution is 7.85. The van der Waals surface area contributed by atoms with Crippen LogP contribution in [0.4, 0.5) is 5.82 Å². The normalized spacial score (nSPS) is 11.8. The zero-order chi connectivity index (χ0) is 35.3. The van der Waals surface area contributed by atoms with Gasteiger partial charge in [0, 0.05) is 23.7 Å². The van der Waals surface area contributed by atoms with Crippen LogP contribution in [-0.2, 0) is 19.7 Å². The first-order chi connectivity index (χ1) is 22.0. The molecule has 3 rings (SSSR count). The van der Waals surface area contributed by atoms with Crippen LogP contribution in [0, 0.1) is 0 Å². The number of unbranched alkanes of at least 4 members (excludes halogenated alkanes) is 1. The molecule has 0 bridgehead atoms. The van der Waals surface area contributed by atoms with Crippen molar-refractivity contribution in [1.82, 2.24) is 15.4 Å². The standard InChI is InChI=1S/C30H41N5O7.CH4O3S/c1-18(2)35(19(3)4)30(38)21-9-12-24(26(15-21)39-6)41-14-8-7-13-40-22-10-11-23-25(16-22)42-34-28(23)33-27(36)17-32-29(37)20(5)31;1-5(2,3)4/h9-12,15-16,18-20H,7-8,13-14,17,31H2,1-6H3,(H,32,37)(H,33,34,36);1H3,(H,2,3,4)/t20-;/m0./s1. The zero-order valence-corrected chi connectivity index (χ0v) is 28.5. The minimum Gasteiger partial charge on any atom is -0.493 e. The number of nitrogens with one attached hydrogen (secondary N) is 2. The molecule has 0 unspecified atom stereocenters. The van der Waals surface area contributed by atoms with Gasteiger partial charge in [0.15, 0.2) is 22.9 Å². The Morgan fingerprint density at radius 1 is 0.979 bits per heavy atom. The number of anilines is 1. The summed E-state index contributed by atoms with van der Waals surface area (Å²) in [4.78, 5) is 38.5. The third-order valence-electron chi connectivity index (χ3n) is 6.36. The Labute approximate surface area is 274 Å². The summed E-state index contributed by atoms with van der Waals surface area (Å²) in [5.74, 6) is 1.01. The molecule has 1 heterocycles. The highest BCUT2D eigenvalue weighted by atomic mass is 32.2.